The molecule has 3 rings (SSSR count). The molecule has 0 amide bonds. The molecule has 3 heterocycles. The predicted molar refractivity (Wildman–Crippen MR) is 76.6 cm³/mol. The van der Waals surface area contributed by atoms with E-state index < -0.39 is 0 Å². The third-order valence-corrected chi connectivity index (χ3v) is 3.49. The van der Waals surface area contributed by atoms with Crippen molar-refractivity contribution >= 4 is 33.0 Å². The van der Waals surface area contributed by atoms with Gasteiger partial charge in [-0.15, -0.1) is 0 Å². The summed E-state index contributed by atoms with van der Waals surface area (Å²) < 4.78 is 4.81. The molecule has 0 fully saturated rings. The van der Waals surface area contributed by atoms with Gasteiger partial charge in [0.15, 0.2) is 5.65 Å². The molecule has 0 bridgehead atoms. The minimum atomic E-state index is 0.481. The lowest BCUT2D eigenvalue weighted by molar-refractivity contribution is 0.666. The number of aryl methyl sites for hydroxylation is 3. The zero-order valence-electron chi connectivity index (χ0n) is 10.4. The highest BCUT2D eigenvalue weighted by molar-refractivity contribution is 9.10. The molecule has 3 aromatic rings. The van der Waals surface area contributed by atoms with Crippen molar-refractivity contribution in [1.29, 1.82) is 0 Å². The van der Waals surface area contributed by atoms with Crippen molar-refractivity contribution in [3.05, 3.63) is 35.0 Å². The molecule has 0 spiro atoms. The standard InChI is InChI=1S/C12H13BrN6/c1-18-5-3-15-10(18)2-4-19-11-9(17-12(19)14)6-8(13)7-16-11/h3,5-7H,2,4H2,1H3,(H2,14,17). The number of aromatic nitrogens is 5. The van der Waals surface area contributed by atoms with E-state index in [-0.39, 0.29) is 0 Å². The van der Waals surface area contributed by atoms with Crippen LogP contribution in [0, 0.1) is 0 Å². The van der Waals surface area contributed by atoms with E-state index in [4.69, 9.17) is 5.73 Å². The van der Waals surface area contributed by atoms with E-state index in [1.165, 1.54) is 0 Å². The summed E-state index contributed by atoms with van der Waals surface area (Å²) >= 11 is 3.38. The van der Waals surface area contributed by atoms with Gasteiger partial charge < -0.3 is 10.3 Å². The van der Waals surface area contributed by atoms with E-state index >= 15 is 0 Å². The van der Waals surface area contributed by atoms with Gasteiger partial charge in [-0.1, -0.05) is 0 Å². The fourth-order valence-electron chi connectivity index (χ4n) is 2.07. The second kappa shape index (κ2) is 4.65. The van der Waals surface area contributed by atoms with Gasteiger partial charge in [-0.05, 0) is 22.0 Å². The molecule has 0 saturated carbocycles. The number of rotatable bonds is 3. The monoisotopic (exact) mass is 320 g/mol. The Bertz CT molecular complexity index is 729. The van der Waals surface area contributed by atoms with Gasteiger partial charge in [-0.2, -0.15) is 0 Å². The average molecular weight is 321 g/mol. The van der Waals surface area contributed by atoms with Gasteiger partial charge in [0.25, 0.3) is 0 Å². The van der Waals surface area contributed by atoms with E-state index in [1.54, 1.807) is 12.4 Å². The lowest BCUT2D eigenvalue weighted by Gasteiger charge is -2.05. The molecule has 0 aliphatic heterocycles. The Kier molecular flexibility index (Phi) is 2.98. The number of anilines is 1. The molecular formula is C12H13BrN6. The number of imidazole rings is 2. The van der Waals surface area contributed by atoms with Crippen LogP contribution in [-0.4, -0.2) is 24.1 Å². The number of nitrogens with two attached hydrogens (primary N) is 1. The number of nitrogen functional groups attached to an aromatic ring is 1. The average Bonchev–Trinajstić information content (AvgIpc) is 2.90. The molecule has 7 heteroatoms. The Balaban J connectivity index is 1.92. The molecule has 0 aliphatic carbocycles. The highest BCUT2D eigenvalue weighted by atomic mass is 79.9. The van der Waals surface area contributed by atoms with Crippen LogP contribution in [0.1, 0.15) is 5.82 Å². The van der Waals surface area contributed by atoms with E-state index in [0.717, 1.165) is 27.9 Å². The van der Waals surface area contributed by atoms with Crippen molar-refractivity contribution < 1.29 is 0 Å². The molecule has 6 nitrogen and oxygen atoms in total. The van der Waals surface area contributed by atoms with Gasteiger partial charge >= 0.3 is 0 Å². The summed E-state index contributed by atoms with van der Waals surface area (Å²) in [5.41, 5.74) is 7.55. The number of fused-ring (bicyclic) bond motifs is 1. The first-order chi connectivity index (χ1) is 9.15. The second-order valence-electron chi connectivity index (χ2n) is 4.32. The number of hydrogen-bond donors (Lipinski definition) is 1. The van der Waals surface area contributed by atoms with E-state index in [9.17, 15) is 0 Å². The summed E-state index contributed by atoms with van der Waals surface area (Å²) in [5, 5.41) is 0. The van der Waals surface area contributed by atoms with Crippen LogP contribution in [0.5, 0.6) is 0 Å². The highest BCUT2D eigenvalue weighted by Gasteiger charge is 2.10. The van der Waals surface area contributed by atoms with Crippen LogP contribution >= 0.6 is 15.9 Å². The van der Waals surface area contributed by atoms with Crippen LogP contribution in [-0.2, 0) is 20.0 Å². The fourth-order valence-corrected chi connectivity index (χ4v) is 2.39. The minimum Gasteiger partial charge on any atom is -0.369 e. The quantitative estimate of drug-likeness (QED) is 0.797. The molecule has 0 unspecified atom stereocenters. The van der Waals surface area contributed by atoms with E-state index in [1.807, 2.05) is 28.4 Å². The van der Waals surface area contributed by atoms with E-state index in [0.29, 0.717) is 12.5 Å². The van der Waals surface area contributed by atoms with Crippen molar-refractivity contribution in [2.75, 3.05) is 5.73 Å². The molecule has 3 aromatic heterocycles. The van der Waals surface area contributed by atoms with Crippen molar-refractivity contribution in [2.24, 2.45) is 7.05 Å². The number of hydrogen-bond acceptors (Lipinski definition) is 4. The maximum absolute atomic E-state index is 5.95. The van der Waals surface area contributed by atoms with Crippen LogP contribution in [0.15, 0.2) is 29.1 Å². The van der Waals surface area contributed by atoms with Gasteiger partial charge in [0.1, 0.15) is 11.3 Å². The molecule has 98 valence electrons. The lowest BCUT2D eigenvalue weighted by atomic mass is 10.4. The molecule has 19 heavy (non-hydrogen) atoms. The van der Waals surface area contributed by atoms with Gasteiger partial charge in [-0.25, -0.2) is 15.0 Å². The molecule has 0 aromatic carbocycles. The van der Waals surface area contributed by atoms with Crippen LogP contribution in [0.3, 0.4) is 0 Å². The van der Waals surface area contributed by atoms with Gasteiger partial charge in [0.2, 0.25) is 5.95 Å². The number of halogens is 1. The second-order valence-corrected chi connectivity index (χ2v) is 5.24. The van der Waals surface area contributed by atoms with Crippen LogP contribution in [0.2, 0.25) is 0 Å². The van der Waals surface area contributed by atoms with Gasteiger partial charge in [0, 0.05) is 43.1 Å². The molecule has 2 N–H and O–H groups in total. The number of nitrogens with zero attached hydrogens (tertiary/aromatic N) is 5. The van der Waals surface area contributed by atoms with Gasteiger partial charge in [0.05, 0.1) is 0 Å². The summed E-state index contributed by atoms with van der Waals surface area (Å²) in [4.78, 5) is 13.0. The Labute approximate surface area is 118 Å². The third kappa shape index (κ3) is 2.21. The zero-order valence-corrected chi connectivity index (χ0v) is 12.0. The molecule has 0 radical (unpaired) electrons. The summed E-state index contributed by atoms with van der Waals surface area (Å²) in [5.74, 6) is 1.49. The maximum atomic E-state index is 5.95. The van der Waals surface area contributed by atoms with Crippen molar-refractivity contribution in [3.63, 3.8) is 0 Å². The molecular weight excluding hydrogens is 308 g/mol. The zero-order chi connectivity index (χ0) is 13.4. The van der Waals surface area contributed by atoms with Crippen LogP contribution in [0.25, 0.3) is 11.2 Å². The smallest absolute Gasteiger partial charge is 0.202 e. The van der Waals surface area contributed by atoms with Crippen molar-refractivity contribution in [1.82, 2.24) is 24.1 Å². The predicted octanol–water partition coefficient (Wildman–Crippen LogP) is 1.75. The Morgan fingerprint density at radius 2 is 2.21 bits per heavy atom. The highest BCUT2D eigenvalue weighted by Crippen LogP contribution is 2.19. The first kappa shape index (κ1) is 12.2. The van der Waals surface area contributed by atoms with Crippen molar-refractivity contribution in [2.45, 2.75) is 13.0 Å². The maximum Gasteiger partial charge on any atom is 0.202 e. The van der Waals surface area contributed by atoms with Gasteiger partial charge in [-0.3, -0.25) is 4.57 Å². The Morgan fingerprint density at radius 3 is 2.95 bits per heavy atom. The third-order valence-electron chi connectivity index (χ3n) is 3.06. The first-order valence-electron chi connectivity index (χ1n) is 5.88. The fraction of sp³-hybridized carbons (Fsp3) is 0.250. The minimum absolute atomic E-state index is 0.481. The lowest BCUT2D eigenvalue weighted by Crippen LogP contribution is -2.09. The van der Waals surface area contributed by atoms with E-state index in [2.05, 4.69) is 30.9 Å². The Hall–Kier alpha value is -1.89. The summed E-state index contributed by atoms with van der Waals surface area (Å²) in [7, 11) is 1.98. The molecule has 0 aliphatic rings. The summed E-state index contributed by atoms with van der Waals surface area (Å²) in [6, 6.07) is 1.91. The van der Waals surface area contributed by atoms with Crippen LogP contribution < -0.4 is 5.73 Å². The topological polar surface area (TPSA) is 74.5 Å². The molecule has 0 saturated heterocycles. The Morgan fingerprint density at radius 1 is 1.37 bits per heavy atom. The number of pyridine rings is 1. The molecule has 0 atom stereocenters. The first-order valence-corrected chi connectivity index (χ1v) is 6.68. The van der Waals surface area contributed by atoms with Crippen molar-refractivity contribution in [3.8, 4) is 0 Å². The summed E-state index contributed by atoms with van der Waals surface area (Å²) in [6.45, 7) is 0.710. The normalized spacial score (nSPS) is 11.3. The summed E-state index contributed by atoms with van der Waals surface area (Å²) in [6.07, 6.45) is 6.26. The SMILES string of the molecule is Cn1ccnc1CCn1c(N)nc2cc(Br)cnc21. The van der Waals surface area contributed by atoms with Crippen LogP contribution in [0.4, 0.5) is 5.95 Å². The largest absolute Gasteiger partial charge is 0.369 e.